The summed E-state index contributed by atoms with van der Waals surface area (Å²) in [6.45, 7) is 0. The molecule has 0 aliphatic heterocycles. The maximum absolute atomic E-state index is 0. The molecule has 0 saturated heterocycles. The van der Waals surface area contributed by atoms with Gasteiger partial charge in [0.25, 0.3) is 0 Å². The standard InChI is InChI=1S/4Li.4H/q4*+1;4*-1. The molecular formula is H4Li4. The Hall–Kier alpha value is 2.39. The van der Waals surface area contributed by atoms with Gasteiger partial charge in [-0.2, -0.15) is 0 Å². The summed E-state index contributed by atoms with van der Waals surface area (Å²) in [5.74, 6) is 0. The Morgan fingerprint density at radius 2 is 0.500 bits per heavy atom. The number of rotatable bonds is 0. The van der Waals surface area contributed by atoms with Crippen molar-refractivity contribution >= 4 is 0 Å². The second kappa shape index (κ2) is 18.2. The van der Waals surface area contributed by atoms with Crippen LogP contribution in [0.25, 0.3) is 0 Å². The molecule has 0 aromatic carbocycles. The predicted molar refractivity (Wildman–Crippen MR) is 4.45 cm³/mol. The third kappa shape index (κ3) is 8.83. The van der Waals surface area contributed by atoms with Gasteiger partial charge >= 0.3 is 75.4 Å². The van der Waals surface area contributed by atoms with Gasteiger partial charge in [-0.3, -0.25) is 0 Å². The molecule has 0 amide bonds. The summed E-state index contributed by atoms with van der Waals surface area (Å²) in [5, 5.41) is 0. The zero-order valence-corrected chi connectivity index (χ0v) is 4.00. The molecule has 0 aromatic heterocycles. The first-order valence-electron chi connectivity index (χ1n) is 0. The molecular weight excluding hydrogens is 27.8 g/mol. The molecule has 0 N–H and O–H groups in total. The zero-order valence-electron chi connectivity index (χ0n) is 8.00. The minimum absolute atomic E-state index is 0. The quantitative estimate of drug-likeness (QED) is 0.233. The van der Waals surface area contributed by atoms with E-state index in [9.17, 15) is 0 Å². The average Bonchev–Trinajstić information content (AvgIpc) is 0. The van der Waals surface area contributed by atoms with Crippen molar-refractivity contribution in [1.29, 1.82) is 0 Å². The Labute approximate surface area is 80.5 Å². The van der Waals surface area contributed by atoms with Crippen LogP contribution in [0, 0.1) is 0 Å². The fraction of sp³-hybridized carbons (Fsp3) is 0. The summed E-state index contributed by atoms with van der Waals surface area (Å²) in [7, 11) is 0. The van der Waals surface area contributed by atoms with Gasteiger partial charge in [-0.1, -0.05) is 0 Å². The van der Waals surface area contributed by atoms with E-state index in [1.54, 1.807) is 0 Å². The Morgan fingerprint density at radius 1 is 0.500 bits per heavy atom. The van der Waals surface area contributed by atoms with Gasteiger partial charge in [0.05, 0.1) is 0 Å². The Balaban J connectivity index is 0. The molecule has 4 heavy (non-hydrogen) atoms. The van der Waals surface area contributed by atoms with Crippen molar-refractivity contribution in [2.45, 2.75) is 0 Å². The van der Waals surface area contributed by atoms with E-state index in [0.717, 1.165) is 0 Å². The first-order chi connectivity index (χ1) is 0. The largest absolute Gasteiger partial charge is 1.00 e. The second-order valence-corrected chi connectivity index (χ2v) is 0. The minimum Gasteiger partial charge on any atom is -1.00 e. The molecule has 0 radical (unpaired) electrons. The predicted octanol–water partition coefficient (Wildman–Crippen LogP) is -11.5. The van der Waals surface area contributed by atoms with E-state index in [0.29, 0.717) is 0 Å². The zero-order chi connectivity index (χ0) is 0. The van der Waals surface area contributed by atoms with E-state index in [1.165, 1.54) is 0 Å². The SMILES string of the molecule is [H-].[H-].[H-].[H-].[Li+].[Li+].[Li+].[Li+]. The molecule has 0 fully saturated rings. The normalized spacial score (nSPS) is 0. The van der Waals surface area contributed by atoms with E-state index in [-0.39, 0.29) is 81.1 Å². The Morgan fingerprint density at radius 3 is 0.500 bits per heavy atom. The van der Waals surface area contributed by atoms with Crippen molar-refractivity contribution in [1.82, 2.24) is 0 Å². The van der Waals surface area contributed by atoms with Crippen LogP contribution in [0.2, 0.25) is 0 Å². The fourth-order valence-electron chi connectivity index (χ4n) is 0. The topological polar surface area (TPSA) is 0 Å². The van der Waals surface area contributed by atoms with Crippen LogP contribution in [0.5, 0.6) is 0 Å². The summed E-state index contributed by atoms with van der Waals surface area (Å²) in [6.07, 6.45) is 0. The van der Waals surface area contributed by atoms with Gasteiger partial charge in [-0.15, -0.1) is 0 Å². The maximum atomic E-state index is 0. The molecule has 0 bridgehead atoms. The van der Waals surface area contributed by atoms with Crippen molar-refractivity contribution in [3.63, 3.8) is 0 Å². The third-order valence-corrected chi connectivity index (χ3v) is 0. The van der Waals surface area contributed by atoms with Crippen molar-refractivity contribution < 1.29 is 81.1 Å². The van der Waals surface area contributed by atoms with E-state index in [2.05, 4.69) is 0 Å². The molecule has 0 aliphatic carbocycles. The summed E-state index contributed by atoms with van der Waals surface area (Å²) in [4.78, 5) is 0. The molecule has 4 heteroatoms. The van der Waals surface area contributed by atoms with E-state index in [1.807, 2.05) is 0 Å². The molecule has 0 unspecified atom stereocenters. The summed E-state index contributed by atoms with van der Waals surface area (Å²) < 4.78 is 0. The van der Waals surface area contributed by atoms with Gasteiger partial charge in [-0.25, -0.2) is 0 Å². The summed E-state index contributed by atoms with van der Waals surface area (Å²) >= 11 is 0. The fourth-order valence-corrected chi connectivity index (χ4v) is 0. The van der Waals surface area contributed by atoms with Gasteiger partial charge in [0.15, 0.2) is 0 Å². The first-order valence-corrected chi connectivity index (χ1v) is 0. The van der Waals surface area contributed by atoms with Crippen molar-refractivity contribution in [2.75, 3.05) is 0 Å². The van der Waals surface area contributed by atoms with Crippen LogP contribution in [0.3, 0.4) is 0 Å². The van der Waals surface area contributed by atoms with Gasteiger partial charge in [-0.05, 0) is 0 Å². The van der Waals surface area contributed by atoms with Crippen LogP contribution in [-0.2, 0) is 0 Å². The van der Waals surface area contributed by atoms with Gasteiger partial charge in [0.1, 0.15) is 0 Å². The van der Waals surface area contributed by atoms with Gasteiger partial charge in [0, 0.05) is 0 Å². The molecule has 8 valence electrons. The molecule has 0 spiro atoms. The average molecular weight is 31.8 g/mol. The van der Waals surface area contributed by atoms with Crippen molar-refractivity contribution in [2.24, 2.45) is 0 Å². The van der Waals surface area contributed by atoms with Crippen molar-refractivity contribution in [3.8, 4) is 0 Å². The third-order valence-electron chi connectivity index (χ3n) is 0. The molecule has 0 saturated carbocycles. The molecule has 0 aliphatic rings. The molecule has 0 rings (SSSR count). The summed E-state index contributed by atoms with van der Waals surface area (Å²) in [5.41, 5.74) is 0. The number of hydrogen-bond acceptors (Lipinski definition) is 0. The smallest absolute Gasteiger partial charge is 1.00 e. The van der Waals surface area contributed by atoms with Crippen molar-refractivity contribution in [3.05, 3.63) is 0 Å². The molecule has 0 aromatic rings. The van der Waals surface area contributed by atoms with E-state index < -0.39 is 0 Å². The molecule has 0 atom stereocenters. The molecule has 0 nitrogen and oxygen atoms in total. The van der Waals surface area contributed by atoms with E-state index in [4.69, 9.17) is 0 Å². The van der Waals surface area contributed by atoms with Crippen LogP contribution >= 0.6 is 0 Å². The maximum Gasteiger partial charge on any atom is 1.00 e. The monoisotopic (exact) mass is 32.1 g/mol. The Bertz CT molecular complexity index is 8.00. The van der Waals surface area contributed by atoms with Gasteiger partial charge < -0.3 is 5.71 Å². The second-order valence-electron chi connectivity index (χ2n) is 0. The van der Waals surface area contributed by atoms with Crippen LogP contribution in [0.15, 0.2) is 0 Å². The van der Waals surface area contributed by atoms with E-state index >= 15 is 0 Å². The van der Waals surface area contributed by atoms with Crippen LogP contribution in [0.4, 0.5) is 0 Å². The Kier molecular flexibility index (Phi) is 148. The minimum atomic E-state index is 0. The summed E-state index contributed by atoms with van der Waals surface area (Å²) in [6, 6.07) is 0. The van der Waals surface area contributed by atoms with Gasteiger partial charge in [0.2, 0.25) is 0 Å². The molecule has 0 heterocycles. The van der Waals surface area contributed by atoms with Crippen LogP contribution < -0.4 is 75.4 Å². The van der Waals surface area contributed by atoms with Crippen LogP contribution in [0.1, 0.15) is 5.71 Å². The van der Waals surface area contributed by atoms with Crippen LogP contribution in [-0.4, -0.2) is 0 Å². The number of hydrogen-bond donors (Lipinski definition) is 0. The first kappa shape index (κ1) is 32.5.